The highest BCUT2D eigenvalue weighted by Crippen LogP contribution is 2.29. The van der Waals surface area contributed by atoms with Crippen LogP contribution in [0, 0.1) is 0 Å². The van der Waals surface area contributed by atoms with Gasteiger partial charge in [-0.25, -0.2) is 13.1 Å². The van der Waals surface area contributed by atoms with Gasteiger partial charge in [0.1, 0.15) is 0 Å². The summed E-state index contributed by atoms with van der Waals surface area (Å²) in [5, 5.41) is 3.68. The van der Waals surface area contributed by atoms with Crippen molar-refractivity contribution >= 4 is 50.0 Å². The summed E-state index contributed by atoms with van der Waals surface area (Å²) in [6.45, 7) is 2.88. The third kappa shape index (κ3) is 4.32. The van der Waals surface area contributed by atoms with E-state index in [0.29, 0.717) is 15.5 Å². The monoisotopic (exact) mass is 402 g/mol. The summed E-state index contributed by atoms with van der Waals surface area (Å²) in [6.07, 6.45) is 1.58. The first-order valence-electron chi connectivity index (χ1n) is 6.10. The smallest absolute Gasteiger partial charge is 0.241 e. The highest BCUT2D eigenvalue weighted by molar-refractivity contribution is 9.10. The van der Waals surface area contributed by atoms with Crippen LogP contribution in [0.4, 0.5) is 0 Å². The molecular formula is C12H17BrCl2N2O2S. The van der Waals surface area contributed by atoms with E-state index in [1.54, 1.807) is 18.2 Å². The summed E-state index contributed by atoms with van der Waals surface area (Å²) in [7, 11) is -3.55. The Kier molecular flexibility index (Phi) is 6.76. The van der Waals surface area contributed by atoms with Crippen LogP contribution in [-0.4, -0.2) is 27.0 Å². The molecule has 1 aromatic carbocycles. The Morgan fingerprint density at radius 2 is 2.15 bits per heavy atom. The zero-order valence-corrected chi connectivity index (χ0v) is 14.9. The molecule has 8 heteroatoms. The Morgan fingerprint density at radius 1 is 1.45 bits per heavy atom. The summed E-state index contributed by atoms with van der Waals surface area (Å²) in [4.78, 5) is 0.186. The summed E-state index contributed by atoms with van der Waals surface area (Å²) < 4.78 is 27.9. The van der Waals surface area contributed by atoms with Crippen LogP contribution in [0.2, 0.25) is 5.02 Å². The fourth-order valence-corrected chi connectivity index (χ4v) is 4.73. The van der Waals surface area contributed by atoms with Crippen molar-refractivity contribution in [3.63, 3.8) is 0 Å². The molecule has 1 saturated heterocycles. The topological polar surface area (TPSA) is 58.2 Å². The van der Waals surface area contributed by atoms with E-state index >= 15 is 0 Å². The van der Waals surface area contributed by atoms with Crippen LogP contribution in [0.25, 0.3) is 0 Å². The normalized spacial score (nSPS) is 23.1. The fraction of sp³-hybridized carbons (Fsp3) is 0.500. The Hall–Kier alpha value is 0.150. The summed E-state index contributed by atoms with van der Waals surface area (Å²) in [5.74, 6) is 0. The number of rotatable bonds is 3. The average molecular weight is 404 g/mol. The maximum absolute atomic E-state index is 12.4. The zero-order chi connectivity index (χ0) is 14.0. The fourth-order valence-electron chi connectivity index (χ4n) is 2.21. The van der Waals surface area contributed by atoms with Crippen molar-refractivity contribution < 1.29 is 8.42 Å². The van der Waals surface area contributed by atoms with Gasteiger partial charge in [0.05, 0.1) is 14.4 Å². The van der Waals surface area contributed by atoms with Crippen molar-refractivity contribution in [3.8, 4) is 0 Å². The molecule has 1 aliphatic rings. The van der Waals surface area contributed by atoms with Crippen LogP contribution in [-0.2, 0) is 10.0 Å². The summed E-state index contributed by atoms with van der Waals surface area (Å²) in [5.41, 5.74) is 0. The van der Waals surface area contributed by atoms with E-state index < -0.39 is 10.0 Å². The molecule has 1 heterocycles. The first-order valence-corrected chi connectivity index (χ1v) is 8.75. The number of hydrogen-bond acceptors (Lipinski definition) is 3. The third-order valence-corrected chi connectivity index (χ3v) is 6.37. The van der Waals surface area contributed by atoms with Crippen LogP contribution in [0.1, 0.15) is 19.8 Å². The van der Waals surface area contributed by atoms with Gasteiger partial charge in [-0.05, 0) is 54.4 Å². The lowest BCUT2D eigenvalue weighted by Crippen LogP contribution is -2.46. The first-order chi connectivity index (χ1) is 8.90. The first kappa shape index (κ1) is 18.2. The van der Waals surface area contributed by atoms with Gasteiger partial charge in [0.15, 0.2) is 0 Å². The van der Waals surface area contributed by atoms with Crippen LogP contribution < -0.4 is 10.0 Å². The molecule has 0 aromatic heterocycles. The molecule has 0 amide bonds. The quantitative estimate of drug-likeness (QED) is 0.815. The van der Waals surface area contributed by atoms with E-state index in [0.717, 1.165) is 19.4 Å². The molecule has 2 unspecified atom stereocenters. The van der Waals surface area contributed by atoms with Gasteiger partial charge in [0, 0.05) is 12.1 Å². The van der Waals surface area contributed by atoms with Crippen molar-refractivity contribution in [1.82, 2.24) is 10.0 Å². The predicted octanol–water partition coefficient (Wildman–Crippen LogP) is 2.94. The van der Waals surface area contributed by atoms with E-state index in [9.17, 15) is 8.42 Å². The molecule has 2 atom stereocenters. The minimum absolute atomic E-state index is 0. The van der Waals surface area contributed by atoms with E-state index in [1.165, 1.54) is 0 Å². The van der Waals surface area contributed by atoms with Crippen LogP contribution in [0.3, 0.4) is 0 Å². The SMILES string of the molecule is CC1CC(NS(=O)(=O)c2cccc(Cl)c2Br)CCN1.Cl. The second-order valence-corrected chi connectivity index (χ2v) is 7.63. The lowest BCUT2D eigenvalue weighted by atomic mass is 10.0. The van der Waals surface area contributed by atoms with Gasteiger partial charge in [-0.1, -0.05) is 17.7 Å². The number of halogens is 3. The molecule has 0 aliphatic carbocycles. The number of nitrogens with one attached hydrogen (secondary N) is 2. The lowest BCUT2D eigenvalue weighted by Gasteiger charge is -2.28. The molecule has 20 heavy (non-hydrogen) atoms. The molecule has 1 aliphatic heterocycles. The van der Waals surface area contributed by atoms with Gasteiger partial charge in [-0.3, -0.25) is 0 Å². The van der Waals surface area contributed by atoms with Crippen LogP contribution in [0.5, 0.6) is 0 Å². The summed E-state index contributed by atoms with van der Waals surface area (Å²) in [6, 6.07) is 5.11. The van der Waals surface area contributed by atoms with Gasteiger partial charge in [-0.2, -0.15) is 0 Å². The molecule has 0 saturated carbocycles. The van der Waals surface area contributed by atoms with Gasteiger partial charge in [0.25, 0.3) is 0 Å². The molecule has 114 valence electrons. The number of hydrogen-bond donors (Lipinski definition) is 2. The van der Waals surface area contributed by atoms with Crippen molar-refractivity contribution in [1.29, 1.82) is 0 Å². The van der Waals surface area contributed by atoms with Crippen molar-refractivity contribution in [2.24, 2.45) is 0 Å². The molecular weight excluding hydrogens is 387 g/mol. The molecule has 0 spiro atoms. The maximum atomic E-state index is 12.4. The van der Waals surface area contributed by atoms with Crippen LogP contribution in [0.15, 0.2) is 27.6 Å². The Morgan fingerprint density at radius 3 is 2.80 bits per heavy atom. The molecule has 1 aromatic rings. The second kappa shape index (κ2) is 7.42. The molecule has 2 rings (SSSR count). The number of sulfonamides is 1. The molecule has 2 N–H and O–H groups in total. The van der Waals surface area contributed by atoms with E-state index in [4.69, 9.17) is 11.6 Å². The van der Waals surface area contributed by atoms with Crippen molar-refractivity contribution in [3.05, 3.63) is 27.7 Å². The Labute approximate surface area is 139 Å². The molecule has 4 nitrogen and oxygen atoms in total. The minimum atomic E-state index is -3.55. The lowest BCUT2D eigenvalue weighted by molar-refractivity contribution is 0.361. The third-order valence-electron chi connectivity index (χ3n) is 3.15. The molecule has 0 radical (unpaired) electrons. The molecule has 1 fully saturated rings. The largest absolute Gasteiger partial charge is 0.314 e. The van der Waals surface area contributed by atoms with Crippen molar-refractivity contribution in [2.75, 3.05) is 6.54 Å². The van der Waals surface area contributed by atoms with Crippen LogP contribution >= 0.6 is 39.9 Å². The zero-order valence-electron chi connectivity index (χ0n) is 10.9. The van der Waals surface area contributed by atoms with E-state index in [2.05, 4.69) is 32.9 Å². The highest BCUT2D eigenvalue weighted by atomic mass is 79.9. The maximum Gasteiger partial charge on any atom is 0.241 e. The van der Waals surface area contributed by atoms with Gasteiger partial charge in [0.2, 0.25) is 10.0 Å². The minimum Gasteiger partial charge on any atom is -0.314 e. The van der Waals surface area contributed by atoms with E-state index in [-0.39, 0.29) is 23.3 Å². The highest BCUT2D eigenvalue weighted by Gasteiger charge is 2.26. The Bertz CT molecular complexity index is 569. The standard InChI is InChI=1S/C12H16BrClN2O2S.ClH/c1-8-7-9(5-6-15-8)16-19(17,18)11-4-2-3-10(14)12(11)13;/h2-4,8-9,15-16H,5-7H2,1H3;1H. The Balaban J connectivity index is 0.00000200. The van der Waals surface area contributed by atoms with Gasteiger partial charge >= 0.3 is 0 Å². The van der Waals surface area contributed by atoms with Crippen molar-refractivity contribution in [2.45, 2.75) is 36.7 Å². The second-order valence-electron chi connectivity index (χ2n) is 4.75. The number of benzene rings is 1. The predicted molar refractivity (Wildman–Crippen MR) is 87.2 cm³/mol. The molecule has 0 bridgehead atoms. The average Bonchev–Trinajstić information content (AvgIpc) is 2.32. The van der Waals surface area contributed by atoms with Gasteiger partial charge < -0.3 is 5.32 Å². The van der Waals surface area contributed by atoms with Gasteiger partial charge in [-0.15, -0.1) is 12.4 Å². The van der Waals surface area contributed by atoms with E-state index in [1.807, 2.05) is 0 Å². The number of piperidine rings is 1. The summed E-state index contributed by atoms with van der Waals surface area (Å²) >= 11 is 9.17.